The van der Waals surface area contributed by atoms with Gasteiger partial charge in [-0.2, -0.15) is 10.2 Å². The maximum atomic E-state index is 9.27. The van der Waals surface area contributed by atoms with Gasteiger partial charge >= 0.3 is 5.88 Å². The van der Waals surface area contributed by atoms with Crippen molar-refractivity contribution in [2.24, 2.45) is 0 Å². The van der Waals surface area contributed by atoms with Crippen LogP contribution in [-0.4, -0.2) is 0 Å². The Hall–Kier alpha value is -2.57. The molecule has 0 atom stereocenters. The quantitative estimate of drug-likeness (QED) is 0.708. The summed E-state index contributed by atoms with van der Waals surface area (Å²) < 4.78 is 5.80. The van der Waals surface area contributed by atoms with Crippen molar-refractivity contribution in [2.45, 2.75) is 6.92 Å². The number of nitrogens with one attached hydrogen (secondary N) is 1. The number of aryl methyl sites for hydroxylation is 1. The van der Waals surface area contributed by atoms with Crippen LogP contribution in [-0.2, 0) is 0 Å². The van der Waals surface area contributed by atoms with Gasteiger partial charge in [0.25, 0.3) is 0 Å². The smallest absolute Gasteiger partial charge is 0.373 e. The fraction of sp³-hybridized carbons (Fsp3) is 0.0588. The van der Waals surface area contributed by atoms with E-state index >= 15 is 0 Å². The molecular weight excluding hydrogens is 284 g/mol. The van der Waals surface area contributed by atoms with Gasteiger partial charge in [0, 0.05) is 11.1 Å². The lowest BCUT2D eigenvalue weighted by Crippen LogP contribution is -2.09. The fourth-order valence-electron chi connectivity index (χ4n) is 2.16. The summed E-state index contributed by atoms with van der Waals surface area (Å²) in [5, 5.41) is 10.8. The molecule has 0 spiro atoms. The van der Waals surface area contributed by atoms with Crippen LogP contribution in [0.3, 0.4) is 0 Å². The number of H-pyrrole nitrogens is 1. The van der Waals surface area contributed by atoms with E-state index in [1.54, 1.807) is 18.2 Å². The Labute approximate surface area is 127 Å². The molecule has 0 fully saturated rings. The molecule has 0 aliphatic rings. The van der Waals surface area contributed by atoms with E-state index in [2.05, 4.69) is 11.1 Å². The molecule has 0 amide bonds. The number of benzene rings is 2. The molecule has 3 rings (SSSR count). The van der Waals surface area contributed by atoms with Gasteiger partial charge in [-0.3, -0.25) is 0 Å². The first-order valence-electron chi connectivity index (χ1n) is 6.46. The van der Waals surface area contributed by atoms with Crippen LogP contribution in [0, 0.1) is 18.3 Å². The van der Waals surface area contributed by atoms with Crippen molar-refractivity contribution in [3.63, 3.8) is 0 Å². The van der Waals surface area contributed by atoms with E-state index in [0.29, 0.717) is 22.2 Å². The monoisotopic (exact) mass is 295 g/mol. The Kier molecular flexibility index (Phi) is 3.47. The number of fused-ring (bicyclic) bond motifs is 1. The number of hydrogen-bond acceptors (Lipinski definition) is 2. The molecular formula is C17H12ClN2O+. The molecule has 3 nitrogen and oxygen atoms in total. The average Bonchev–Trinajstić information content (AvgIpc) is 2.50. The molecule has 1 aromatic heterocycles. The highest BCUT2D eigenvalue weighted by Crippen LogP contribution is 2.25. The van der Waals surface area contributed by atoms with Gasteiger partial charge in [0.15, 0.2) is 0 Å². The van der Waals surface area contributed by atoms with E-state index < -0.39 is 0 Å². The van der Waals surface area contributed by atoms with Crippen molar-refractivity contribution >= 4 is 22.5 Å². The van der Waals surface area contributed by atoms with E-state index in [9.17, 15) is 5.26 Å². The fourth-order valence-corrected chi connectivity index (χ4v) is 2.28. The number of hydrogen-bond donors (Lipinski definition) is 0. The summed E-state index contributed by atoms with van der Waals surface area (Å²) in [7, 11) is 0. The van der Waals surface area contributed by atoms with Gasteiger partial charge in [-0.05, 0) is 36.8 Å². The molecule has 3 aromatic rings. The first-order valence-corrected chi connectivity index (χ1v) is 6.84. The van der Waals surface area contributed by atoms with Gasteiger partial charge < -0.3 is 4.74 Å². The highest BCUT2D eigenvalue weighted by Gasteiger charge is 2.13. The van der Waals surface area contributed by atoms with Crippen LogP contribution in [0.4, 0.5) is 0 Å². The van der Waals surface area contributed by atoms with Gasteiger partial charge in [0.1, 0.15) is 11.8 Å². The summed E-state index contributed by atoms with van der Waals surface area (Å²) in [6, 6.07) is 17.0. The zero-order valence-corrected chi connectivity index (χ0v) is 12.1. The molecule has 0 bridgehead atoms. The minimum atomic E-state index is 0.520. The zero-order chi connectivity index (χ0) is 14.8. The van der Waals surface area contributed by atoms with Crippen molar-refractivity contribution < 1.29 is 9.72 Å². The third kappa shape index (κ3) is 2.67. The van der Waals surface area contributed by atoms with Crippen LogP contribution >= 0.6 is 11.6 Å². The Morgan fingerprint density at radius 3 is 2.71 bits per heavy atom. The number of aromatic nitrogens is 1. The van der Waals surface area contributed by atoms with Crippen LogP contribution in [0.25, 0.3) is 10.9 Å². The van der Waals surface area contributed by atoms with Crippen molar-refractivity contribution in [3.8, 4) is 17.7 Å². The Balaban J connectivity index is 2.04. The summed E-state index contributed by atoms with van der Waals surface area (Å²) in [6.07, 6.45) is 0. The maximum absolute atomic E-state index is 9.27. The summed E-state index contributed by atoms with van der Waals surface area (Å²) in [4.78, 5) is 3.18. The summed E-state index contributed by atoms with van der Waals surface area (Å²) in [5.74, 6) is 1.19. The lowest BCUT2D eigenvalue weighted by Gasteiger charge is -2.04. The molecule has 4 heteroatoms. The van der Waals surface area contributed by atoms with Gasteiger partial charge in [-0.25, -0.2) is 0 Å². The molecule has 0 aliphatic carbocycles. The van der Waals surface area contributed by atoms with Crippen LogP contribution in [0.2, 0.25) is 5.02 Å². The topological polar surface area (TPSA) is 47.2 Å². The van der Waals surface area contributed by atoms with E-state index in [-0.39, 0.29) is 0 Å². The molecule has 0 saturated heterocycles. The highest BCUT2D eigenvalue weighted by molar-refractivity contribution is 6.31. The molecule has 1 N–H and O–H groups in total. The summed E-state index contributed by atoms with van der Waals surface area (Å²) in [5.41, 5.74) is 2.37. The molecule has 0 saturated carbocycles. The number of ether oxygens (including phenoxy) is 1. The minimum Gasteiger partial charge on any atom is -0.405 e. The maximum Gasteiger partial charge on any atom is 0.373 e. The summed E-state index contributed by atoms with van der Waals surface area (Å²) >= 11 is 6.00. The first-order chi connectivity index (χ1) is 10.2. The molecule has 21 heavy (non-hydrogen) atoms. The predicted octanol–water partition coefficient (Wildman–Crippen LogP) is 4.28. The van der Waals surface area contributed by atoms with Gasteiger partial charge in [-0.15, -0.1) is 0 Å². The van der Waals surface area contributed by atoms with E-state index in [1.165, 1.54) is 0 Å². The molecule has 0 radical (unpaired) electrons. The van der Waals surface area contributed by atoms with Crippen molar-refractivity contribution in [2.75, 3.05) is 0 Å². The number of para-hydroxylation sites is 1. The third-order valence-corrected chi connectivity index (χ3v) is 3.65. The second-order valence-corrected chi connectivity index (χ2v) is 5.12. The molecule has 1 heterocycles. The van der Waals surface area contributed by atoms with Gasteiger partial charge in [0.05, 0.1) is 17.0 Å². The standard InChI is InChI=1S/C17H11ClN2O/c1-11-8-13(6-7-15(11)18)21-17-9-12(10-19)14-4-2-3-5-16(14)20-17/h2-9H,1H3/p+1. The van der Waals surface area contributed by atoms with Crippen LogP contribution in [0.1, 0.15) is 11.1 Å². The summed E-state index contributed by atoms with van der Waals surface area (Å²) in [6.45, 7) is 1.92. The average molecular weight is 296 g/mol. The number of nitrogens with zero attached hydrogens (tertiary/aromatic N) is 1. The second kappa shape index (κ2) is 5.43. The van der Waals surface area contributed by atoms with Crippen molar-refractivity contribution in [3.05, 3.63) is 64.7 Å². The lowest BCUT2D eigenvalue weighted by atomic mass is 10.1. The van der Waals surface area contributed by atoms with E-state index in [0.717, 1.165) is 16.5 Å². The normalized spacial score (nSPS) is 10.3. The number of rotatable bonds is 2. The molecule has 102 valence electrons. The SMILES string of the molecule is Cc1cc(Oc2cc(C#N)c3ccccc3[nH+]2)ccc1Cl. The van der Waals surface area contributed by atoms with E-state index in [1.807, 2.05) is 37.3 Å². The lowest BCUT2D eigenvalue weighted by molar-refractivity contribution is -0.359. The number of halogens is 1. The number of nitriles is 1. The Morgan fingerprint density at radius 1 is 1.14 bits per heavy atom. The minimum absolute atomic E-state index is 0.520. The van der Waals surface area contributed by atoms with Gasteiger partial charge in [0.2, 0.25) is 5.52 Å². The highest BCUT2D eigenvalue weighted by atomic mass is 35.5. The van der Waals surface area contributed by atoms with Crippen molar-refractivity contribution in [1.29, 1.82) is 5.26 Å². The van der Waals surface area contributed by atoms with E-state index in [4.69, 9.17) is 16.3 Å². The second-order valence-electron chi connectivity index (χ2n) is 4.72. The zero-order valence-electron chi connectivity index (χ0n) is 11.4. The molecule has 0 aliphatic heterocycles. The number of aromatic amines is 1. The predicted molar refractivity (Wildman–Crippen MR) is 81.5 cm³/mol. The van der Waals surface area contributed by atoms with Crippen LogP contribution in [0.5, 0.6) is 11.6 Å². The molecule has 2 aromatic carbocycles. The third-order valence-electron chi connectivity index (χ3n) is 3.23. The largest absolute Gasteiger partial charge is 0.405 e. The Morgan fingerprint density at radius 2 is 1.95 bits per heavy atom. The van der Waals surface area contributed by atoms with Crippen LogP contribution in [0.15, 0.2) is 48.5 Å². The van der Waals surface area contributed by atoms with Crippen molar-refractivity contribution in [1.82, 2.24) is 0 Å². The molecule has 0 unspecified atom stereocenters. The Bertz CT molecular complexity index is 868. The van der Waals surface area contributed by atoms with Crippen LogP contribution < -0.4 is 9.72 Å². The number of pyridine rings is 1. The first kappa shape index (κ1) is 13.4. The van der Waals surface area contributed by atoms with Gasteiger partial charge in [-0.1, -0.05) is 23.7 Å².